The molecule has 1 saturated heterocycles. The summed E-state index contributed by atoms with van der Waals surface area (Å²) in [6.07, 6.45) is 1.28. The van der Waals surface area contributed by atoms with Gasteiger partial charge in [-0.3, -0.25) is 4.90 Å². The van der Waals surface area contributed by atoms with Crippen LogP contribution >= 0.6 is 0 Å². The van der Waals surface area contributed by atoms with Gasteiger partial charge in [-0.05, 0) is 38.8 Å². The number of urea groups is 1. The molecular formula is C19H31N3O3. The number of morpholine rings is 1. The molecule has 1 heterocycles. The van der Waals surface area contributed by atoms with Gasteiger partial charge in [-0.2, -0.15) is 0 Å². The molecule has 140 valence electrons. The lowest BCUT2D eigenvalue weighted by Crippen LogP contribution is -2.45. The number of rotatable bonds is 8. The number of para-hydroxylation sites is 1. The molecule has 1 aromatic carbocycles. The number of carbonyl (C=O) groups is 1. The minimum absolute atomic E-state index is 0.173. The van der Waals surface area contributed by atoms with Crippen LogP contribution in [0.1, 0.15) is 32.8 Å². The Morgan fingerprint density at radius 2 is 2.00 bits per heavy atom. The van der Waals surface area contributed by atoms with Gasteiger partial charge in [0.2, 0.25) is 0 Å². The molecule has 1 aliphatic heterocycles. The smallest absolute Gasteiger partial charge is 0.319 e. The highest BCUT2D eigenvalue weighted by atomic mass is 16.5. The van der Waals surface area contributed by atoms with E-state index < -0.39 is 0 Å². The van der Waals surface area contributed by atoms with Gasteiger partial charge >= 0.3 is 6.03 Å². The van der Waals surface area contributed by atoms with Crippen molar-refractivity contribution in [1.82, 2.24) is 10.2 Å². The van der Waals surface area contributed by atoms with Crippen molar-refractivity contribution in [2.75, 3.05) is 38.2 Å². The van der Waals surface area contributed by atoms with Crippen LogP contribution < -0.4 is 10.6 Å². The van der Waals surface area contributed by atoms with Gasteiger partial charge in [0.1, 0.15) is 0 Å². The number of carbonyl (C=O) groups excluding carboxylic acids is 1. The van der Waals surface area contributed by atoms with E-state index in [1.165, 1.54) is 0 Å². The summed E-state index contributed by atoms with van der Waals surface area (Å²) in [6, 6.07) is 7.79. The van der Waals surface area contributed by atoms with E-state index in [9.17, 15) is 4.79 Å². The second kappa shape index (κ2) is 10.4. The maximum absolute atomic E-state index is 12.1. The van der Waals surface area contributed by atoms with Crippen molar-refractivity contribution < 1.29 is 14.3 Å². The molecule has 1 fully saturated rings. The molecule has 0 radical (unpaired) electrons. The monoisotopic (exact) mass is 349 g/mol. The van der Waals surface area contributed by atoms with Crippen LogP contribution in [0.2, 0.25) is 0 Å². The fourth-order valence-corrected chi connectivity index (χ4v) is 3.12. The standard InChI is InChI=1S/C19H31N3O3/c1-4-24-11-7-10-20-19(23)21-18-9-6-5-8-17(18)14-22-12-15(2)25-16(3)13-22/h5-6,8-9,15-16H,4,7,10-14H2,1-3H3,(H2,20,21,23). The van der Waals surface area contributed by atoms with Crippen LogP contribution in [-0.2, 0) is 16.0 Å². The zero-order valence-electron chi connectivity index (χ0n) is 15.6. The van der Waals surface area contributed by atoms with Crippen molar-refractivity contribution in [3.8, 4) is 0 Å². The molecule has 2 amide bonds. The molecule has 6 nitrogen and oxygen atoms in total. The summed E-state index contributed by atoms with van der Waals surface area (Å²) < 4.78 is 11.1. The van der Waals surface area contributed by atoms with Crippen molar-refractivity contribution >= 4 is 11.7 Å². The van der Waals surface area contributed by atoms with E-state index in [0.29, 0.717) is 19.8 Å². The highest BCUT2D eigenvalue weighted by Gasteiger charge is 2.22. The van der Waals surface area contributed by atoms with Crippen LogP contribution in [0.3, 0.4) is 0 Å². The first kappa shape index (κ1) is 19.7. The minimum atomic E-state index is -0.173. The Morgan fingerprint density at radius 3 is 2.72 bits per heavy atom. The van der Waals surface area contributed by atoms with Gasteiger partial charge in [0, 0.05) is 45.1 Å². The Hall–Kier alpha value is -1.63. The summed E-state index contributed by atoms with van der Waals surface area (Å²) in [5.74, 6) is 0. The summed E-state index contributed by atoms with van der Waals surface area (Å²) in [5, 5.41) is 5.84. The maximum atomic E-state index is 12.1. The van der Waals surface area contributed by atoms with Gasteiger partial charge in [-0.25, -0.2) is 4.79 Å². The summed E-state index contributed by atoms with van der Waals surface area (Å²) in [4.78, 5) is 14.5. The third-order valence-corrected chi connectivity index (χ3v) is 4.11. The second-order valence-corrected chi connectivity index (χ2v) is 6.54. The molecule has 0 aliphatic carbocycles. The summed E-state index contributed by atoms with van der Waals surface area (Å²) in [7, 11) is 0. The number of ether oxygens (including phenoxy) is 2. The Labute approximate surface area is 150 Å². The van der Waals surface area contributed by atoms with E-state index in [4.69, 9.17) is 9.47 Å². The van der Waals surface area contributed by atoms with Crippen LogP contribution in [0.25, 0.3) is 0 Å². The van der Waals surface area contributed by atoms with E-state index in [0.717, 1.165) is 37.3 Å². The average molecular weight is 349 g/mol. The Bertz CT molecular complexity index is 528. The van der Waals surface area contributed by atoms with Crippen molar-refractivity contribution in [3.05, 3.63) is 29.8 Å². The number of hydrogen-bond acceptors (Lipinski definition) is 4. The van der Waals surface area contributed by atoms with Crippen LogP contribution in [0.15, 0.2) is 24.3 Å². The SMILES string of the molecule is CCOCCCNC(=O)Nc1ccccc1CN1CC(C)OC(C)C1. The van der Waals surface area contributed by atoms with E-state index >= 15 is 0 Å². The molecule has 0 saturated carbocycles. The van der Waals surface area contributed by atoms with Crippen LogP contribution in [-0.4, -0.2) is 56.0 Å². The number of hydrogen-bond donors (Lipinski definition) is 2. The lowest BCUT2D eigenvalue weighted by molar-refractivity contribution is -0.0704. The molecule has 0 spiro atoms. The zero-order valence-corrected chi connectivity index (χ0v) is 15.6. The normalized spacial score (nSPS) is 21.1. The van der Waals surface area contributed by atoms with Crippen LogP contribution in [0.5, 0.6) is 0 Å². The van der Waals surface area contributed by atoms with Gasteiger partial charge in [0.05, 0.1) is 12.2 Å². The first-order valence-corrected chi connectivity index (χ1v) is 9.16. The number of nitrogens with one attached hydrogen (secondary N) is 2. The van der Waals surface area contributed by atoms with Crippen LogP contribution in [0, 0.1) is 0 Å². The van der Waals surface area contributed by atoms with E-state index in [1.807, 2.05) is 25.1 Å². The summed E-state index contributed by atoms with van der Waals surface area (Å²) in [6.45, 7) is 10.8. The summed E-state index contributed by atoms with van der Waals surface area (Å²) >= 11 is 0. The molecule has 25 heavy (non-hydrogen) atoms. The number of amides is 2. The van der Waals surface area contributed by atoms with Crippen molar-refractivity contribution in [1.29, 1.82) is 0 Å². The molecule has 1 aromatic rings. The van der Waals surface area contributed by atoms with E-state index in [-0.39, 0.29) is 18.2 Å². The lowest BCUT2D eigenvalue weighted by Gasteiger charge is -2.35. The van der Waals surface area contributed by atoms with Crippen molar-refractivity contribution in [2.24, 2.45) is 0 Å². The van der Waals surface area contributed by atoms with Gasteiger partial charge in [0.25, 0.3) is 0 Å². The predicted octanol–water partition coefficient (Wildman–Crippen LogP) is 2.84. The molecular weight excluding hydrogens is 318 g/mol. The Kier molecular flexibility index (Phi) is 8.18. The van der Waals surface area contributed by atoms with Gasteiger partial charge < -0.3 is 20.1 Å². The molecule has 6 heteroatoms. The lowest BCUT2D eigenvalue weighted by atomic mass is 10.1. The first-order chi connectivity index (χ1) is 12.1. The number of anilines is 1. The largest absolute Gasteiger partial charge is 0.382 e. The minimum Gasteiger partial charge on any atom is -0.382 e. The fraction of sp³-hybridized carbons (Fsp3) is 0.632. The zero-order chi connectivity index (χ0) is 18.1. The van der Waals surface area contributed by atoms with Gasteiger partial charge in [0.15, 0.2) is 0 Å². The quantitative estimate of drug-likeness (QED) is 0.709. The van der Waals surface area contributed by atoms with E-state index in [1.54, 1.807) is 0 Å². The molecule has 0 bridgehead atoms. The molecule has 2 rings (SSSR count). The Balaban J connectivity index is 1.86. The molecule has 2 unspecified atom stereocenters. The highest BCUT2D eigenvalue weighted by molar-refractivity contribution is 5.90. The summed E-state index contributed by atoms with van der Waals surface area (Å²) in [5.41, 5.74) is 1.98. The third-order valence-electron chi connectivity index (χ3n) is 4.11. The average Bonchev–Trinajstić information content (AvgIpc) is 2.55. The molecule has 0 aromatic heterocycles. The molecule has 1 aliphatic rings. The maximum Gasteiger partial charge on any atom is 0.319 e. The van der Waals surface area contributed by atoms with Gasteiger partial charge in [-0.1, -0.05) is 18.2 Å². The topological polar surface area (TPSA) is 62.8 Å². The second-order valence-electron chi connectivity index (χ2n) is 6.54. The third kappa shape index (κ3) is 7.02. The van der Waals surface area contributed by atoms with E-state index in [2.05, 4.69) is 35.4 Å². The van der Waals surface area contributed by atoms with Crippen molar-refractivity contribution in [2.45, 2.75) is 45.9 Å². The van der Waals surface area contributed by atoms with Crippen molar-refractivity contribution in [3.63, 3.8) is 0 Å². The van der Waals surface area contributed by atoms with Crippen LogP contribution in [0.4, 0.5) is 10.5 Å². The predicted molar refractivity (Wildman–Crippen MR) is 99.9 cm³/mol. The molecule has 2 N–H and O–H groups in total. The number of nitrogens with zero attached hydrogens (tertiary/aromatic N) is 1. The number of benzene rings is 1. The molecule has 2 atom stereocenters. The van der Waals surface area contributed by atoms with Gasteiger partial charge in [-0.15, -0.1) is 0 Å². The first-order valence-electron chi connectivity index (χ1n) is 9.16. The Morgan fingerprint density at radius 1 is 1.28 bits per heavy atom. The highest BCUT2D eigenvalue weighted by Crippen LogP contribution is 2.20. The fourth-order valence-electron chi connectivity index (χ4n) is 3.12.